The van der Waals surface area contributed by atoms with Crippen LogP contribution in [-0.2, 0) is 19.1 Å². The summed E-state index contributed by atoms with van der Waals surface area (Å²) < 4.78 is 6.14. The van der Waals surface area contributed by atoms with Crippen molar-refractivity contribution in [2.75, 3.05) is 19.7 Å². The Morgan fingerprint density at radius 3 is 1.38 bits per heavy atom. The number of aliphatic hydroxyl groups excluding tert-OH is 3. The van der Waals surface area contributed by atoms with Crippen LogP contribution in [0.2, 0.25) is 0 Å². The van der Waals surface area contributed by atoms with Gasteiger partial charge in [0, 0.05) is 13.0 Å². The van der Waals surface area contributed by atoms with Gasteiger partial charge in [-0.1, -0.05) is 206 Å². The monoisotopic (exact) mass is 896 g/mol. The fraction of sp³-hybridized carbons (Fsp3) is 0.941. The van der Waals surface area contributed by atoms with Crippen LogP contribution in [0.1, 0.15) is 245 Å². The molecule has 1 aliphatic rings. The number of hydrogen-bond acceptors (Lipinski definition) is 11. The number of ketones is 2. The third-order valence-electron chi connectivity index (χ3n) is 13.6. The summed E-state index contributed by atoms with van der Waals surface area (Å²) in [4.78, 5) is 43.7. The van der Waals surface area contributed by atoms with Crippen molar-refractivity contribution in [3.8, 4) is 0 Å². The van der Waals surface area contributed by atoms with E-state index in [0.717, 1.165) is 44.9 Å². The lowest BCUT2D eigenvalue weighted by Gasteiger charge is -2.53. The Morgan fingerprint density at radius 2 is 1.00 bits per heavy atom. The molecule has 12 nitrogen and oxygen atoms in total. The van der Waals surface area contributed by atoms with Crippen LogP contribution in [0.3, 0.4) is 0 Å². The fourth-order valence-corrected chi connectivity index (χ4v) is 9.33. The lowest BCUT2D eigenvalue weighted by Crippen LogP contribution is -2.78. The maximum atomic E-state index is 14.5. The largest absolute Gasteiger partial charge is 0.394 e. The molecule has 0 aromatic carbocycles. The minimum atomic E-state index is -2.30. The first-order chi connectivity index (χ1) is 30.3. The highest BCUT2D eigenvalue weighted by Crippen LogP contribution is 2.38. The highest BCUT2D eigenvalue weighted by atomic mass is 16.6. The van der Waals surface area contributed by atoms with Crippen molar-refractivity contribution < 1.29 is 34.4 Å². The summed E-state index contributed by atoms with van der Waals surface area (Å²) in [5.74, 6) is -6.17. The van der Waals surface area contributed by atoms with E-state index in [9.17, 15) is 29.7 Å². The van der Waals surface area contributed by atoms with E-state index < -0.39 is 59.8 Å². The van der Waals surface area contributed by atoms with E-state index in [-0.39, 0.29) is 25.3 Å². The SMILES string of the molecule is CCCCCCCCCCCCCCCCCCN(C(=O)CCCCCCCCCCCCCCCCC)[C@]1(N)O[C@H](CO)[C@@H](O)[C@H](O)[C@H]1C(=O)[C@](C)(N)C(=O)[C@@H](N)CCCCN. The number of Topliss-reactive ketones (excluding diaryl/α,β-unsaturated/α-hetero) is 2. The molecule has 0 spiro atoms. The van der Waals surface area contributed by atoms with E-state index in [1.165, 1.54) is 153 Å². The van der Waals surface area contributed by atoms with Gasteiger partial charge in [0.15, 0.2) is 11.6 Å². The maximum absolute atomic E-state index is 14.5. The maximum Gasteiger partial charge on any atom is 0.225 e. The molecule has 1 fully saturated rings. The first-order valence-electron chi connectivity index (χ1n) is 26.4. The van der Waals surface area contributed by atoms with Gasteiger partial charge in [-0.15, -0.1) is 0 Å². The highest BCUT2D eigenvalue weighted by Gasteiger charge is 2.62. The number of nitrogens with two attached hydrogens (primary N) is 4. The summed E-state index contributed by atoms with van der Waals surface area (Å²) in [6.45, 7) is 5.57. The molecule has 0 saturated carbocycles. The minimum absolute atomic E-state index is 0.130. The van der Waals surface area contributed by atoms with Crippen LogP contribution in [0.4, 0.5) is 0 Å². The molecule has 372 valence electrons. The van der Waals surface area contributed by atoms with Crippen molar-refractivity contribution >= 4 is 17.5 Å². The third-order valence-corrected chi connectivity index (χ3v) is 13.6. The highest BCUT2D eigenvalue weighted by molar-refractivity contribution is 6.14. The van der Waals surface area contributed by atoms with Crippen LogP contribution in [0.15, 0.2) is 0 Å². The van der Waals surface area contributed by atoms with Crippen LogP contribution in [0.5, 0.6) is 0 Å². The van der Waals surface area contributed by atoms with E-state index in [1.807, 2.05) is 0 Å². The molecule has 0 bridgehead atoms. The molecule has 1 rings (SSSR count). The van der Waals surface area contributed by atoms with Crippen LogP contribution < -0.4 is 22.9 Å². The van der Waals surface area contributed by atoms with Crippen molar-refractivity contribution in [2.45, 2.75) is 281 Å². The molecule has 1 saturated heterocycles. The van der Waals surface area contributed by atoms with Gasteiger partial charge in [0.25, 0.3) is 0 Å². The van der Waals surface area contributed by atoms with Gasteiger partial charge in [-0.3, -0.25) is 20.1 Å². The topological polar surface area (TPSA) is 228 Å². The van der Waals surface area contributed by atoms with Gasteiger partial charge >= 0.3 is 0 Å². The number of amides is 1. The summed E-state index contributed by atoms with van der Waals surface area (Å²) in [6.07, 6.45) is 33.6. The lowest BCUT2D eigenvalue weighted by molar-refractivity contribution is -0.292. The van der Waals surface area contributed by atoms with Crippen molar-refractivity contribution in [3.05, 3.63) is 0 Å². The Bertz CT molecular complexity index is 1160. The molecule has 0 radical (unpaired) electrons. The molecule has 1 heterocycles. The Morgan fingerprint density at radius 1 is 0.619 bits per heavy atom. The smallest absolute Gasteiger partial charge is 0.225 e. The Balaban J connectivity index is 2.93. The van der Waals surface area contributed by atoms with Crippen molar-refractivity contribution in [2.24, 2.45) is 28.9 Å². The van der Waals surface area contributed by atoms with Crippen molar-refractivity contribution in [1.29, 1.82) is 0 Å². The van der Waals surface area contributed by atoms with Crippen LogP contribution in [-0.4, -0.2) is 93.1 Å². The average Bonchev–Trinajstić information content (AvgIpc) is 3.26. The zero-order valence-corrected chi connectivity index (χ0v) is 41.0. The molecule has 0 aliphatic carbocycles. The van der Waals surface area contributed by atoms with Crippen LogP contribution in [0, 0.1) is 5.92 Å². The number of nitrogens with zero attached hydrogens (tertiary/aromatic N) is 1. The number of hydrogen-bond donors (Lipinski definition) is 7. The molecule has 63 heavy (non-hydrogen) atoms. The number of rotatable bonds is 43. The standard InChI is InChI=1S/C51H101N5O7/c1-4-6-8-10-12-14-16-18-20-22-24-26-28-30-32-36-40-56(44(58)38-33-31-29-27-25-23-21-19-17-15-13-11-9-7-5-2)51(55)45(47(60)46(59)43(41-57)63-51)49(62)50(3,54)48(61)42(53)37-34-35-39-52/h42-43,45-47,57,59-60H,4-41,52-55H2,1-3H3/t42-,43+,45-,46+,47+,50+,51-/m0/s1. The van der Waals surface area contributed by atoms with Crippen LogP contribution >= 0.6 is 0 Å². The van der Waals surface area contributed by atoms with Gasteiger partial charge in [-0.2, -0.15) is 0 Å². The minimum Gasteiger partial charge on any atom is -0.394 e. The molecule has 0 aromatic heterocycles. The van der Waals surface area contributed by atoms with E-state index in [2.05, 4.69) is 13.8 Å². The van der Waals surface area contributed by atoms with Crippen molar-refractivity contribution in [1.82, 2.24) is 4.90 Å². The van der Waals surface area contributed by atoms with Gasteiger partial charge in [-0.05, 0) is 39.2 Å². The molecule has 7 atom stereocenters. The molecule has 1 amide bonds. The Labute approximate surface area is 385 Å². The third kappa shape index (κ3) is 23.7. The second-order valence-corrected chi connectivity index (χ2v) is 19.4. The number of ether oxygens (including phenoxy) is 1. The summed E-state index contributed by atoms with van der Waals surface area (Å²) in [5, 5.41) is 32.8. The predicted octanol–water partition coefficient (Wildman–Crippen LogP) is 8.99. The Hall–Kier alpha value is -1.51. The van der Waals surface area contributed by atoms with Gasteiger partial charge < -0.3 is 42.2 Å². The summed E-state index contributed by atoms with van der Waals surface area (Å²) >= 11 is 0. The van der Waals surface area contributed by atoms with E-state index >= 15 is 0 Å². The molecular formula is C51H101N5O7. The van der Waals surface area contributed by atoms with E-state index in [4.69, 9.17) is 27.7 Å². The first-order valence-corrected chi connectivity index (χ1v) is 26.4. The molecule has 1 aliphatic heterocycles. The number of carbonyl (C=O) groups excluding carboxylic acids is 3. The average molecular weight is 896 g/mol. The zero-order chi connectivity index (χ0) is 46.8. The predicted molar refractivity (Wildman–Crippen MR) is 259 cm³/mol. The van der Waals surface area contributed by atoms with Gasteiger partial charge in [0.1, 0.15) is 23.7 Å². The Kier molecular flexibility index (Phi) is 34.6. The van der Waals surface area contributed by atoms with Gasteiger partial charge in [0.05, 0.1) is 18.8 Å². The molecule has 0 unspecified atom stereocenters. The van der Waals surface area contributed by atoms with E-state index in [0.29, 0.717) is 32.2 Å². The summed E-state index contributed by atoms with van der Waals surface area (Å²) in [5.41, 5.74) is 23.1. The quantitative estimate of drug-likeness (QED) is 0.0174. The van der Waals surface area contributed by atoms with Gasteiger partial charge in [-0.25, -0.2) is 0 Å². The number of unbranched alkanes of at least 4 members (excludes halogenated alkanes) is 30. The zero-order valence-electron chi connectivity index (χ0n) is 41.0. The second-order valence-electron chi connectivity index (χ2n) is 19.4. The molecule has 0 aromatic rings. The van der Waals surface area contributed by atoms with E-state index in [1.54, 1.807) is 0 Å². The summed E-state index contributed by atoms with van der Waals surface area (Å²) in [7, 11) is 0. The lowest BCUT2D eigenvalue weighted by atomic mass is 9.73. The first kappa shape index (κ1) is 59.5. The normalized spacial score (nSPS) is 21.6. The number of aliphatic hydroxyl groups is 3. The fourth-order valence-electron chi connectivity index (χ4n) is 9.33. The van der Waals surface area contributed by atoms with Crippen molar-refractivity contribution in [3.63, 3.8) is 0 Å². The molecule has 11 N–H and O–H groups in total. The molecule has 12 heteroatoms. The number of carbonyl (C=O) groups is 3. The molecular weight excluding hydrogens is 795 g/mol. The summed E-state index contributed by atoms with van der Waals surface area (Å²) in [6, 6.07) is -1.08. The van der Waals surface area contributed by atoms with Gasteiger partial charge in [0.2, 0.25) is 11.8 Å². The second kappa shape index (κ2) is 36.6. The van der Waals surface area contributed by atoms with Crippen LogP contribution in [0.25, 0.3) is 0 Å².